The molecular weight excluding hydrogens is 541 g/mol. The Balaban J connectivity index is 1.32. The third-order valence-electron chi connectivity index (χ3n) is 5.68. The van der Waals surface area contributed by atoms with Crippen molar-refractivity contribution < 1.29 is 19.2 Å². The van der Waals surface area contributed by atoms with Gasteiger partial charge in [-0.3, -0.25) is 9.80 Å². The Morgan fingerprint density at radius 1 is 1.18 bits per heavy atom. The third kappa shape index (κ3) is 5.00. The van der Waals surface area contributed by atoms with E-state index in [9.17, 15) is 19.2 Å². The number of fused-ring (bicyclic) bond motifs is 1. The molecule has 2 aliphatic rings. The zero-order valence-corrected chi connectivity index (χ0v) is 20.2. The number of nitrogens with one attached hydrogen (secondary N) is 2. The van der Waals surface area contributed by atoms with Gasteiger partial charge in [-0.05, 0) is 53.8 Å². The third-order valence-corrected chi connectivity index (χ3v) is 6.40. The maximum Gasteiger partial charge on any atom is 0.344 e. The van der Waals surface area contributed by atoms with E-state index in [4.69, 9.17) is 0 Å². The van der Waals surface area contributed by atoms with E-state index in [-0.39, 0.29) is 18.4 Å². The van der Waals surface area contributed by atoms with Crippen LogP contribution in [0, 0.1) is 10.5 Å². The summed E-state index contributed by atoms with van der Waals surface area (Å²) in [6, 6.07) is 5.56. The highest BCUT2D eigenvalue weighted by atomic mass is 127. The standard InChI is InChI=1S/C21H24IN7O4/c1-14-23-12-17-13-28(21(33)29(14)17)27-9-7-26(8-10-27)19(31)18(6-11-30)25-20(32)24-16-4-2-15(22)3-5-16/h2-5,11-12,18H,6-10,13H2,1H3,(H2,24,25,32). The minimum atomic E-state index is -0.958. The number of benzene rings is 1. The molecule has 2 aromatic rings. The van der Waals surface area contributed by atoms with Crippen LogP contribution in [0.4, 0.5) is 15.3 Å². The fourth-order valence-corrected chi connectivity index (χ4v) is 4.34. The molecule has 1 atom stereocenters. The Bertz CT molecular complexity index is 1060. The molecule has 3 heterocycles. The summed E-state index contributed by atoms with van der Waals surface area (Å²) in [7, 11) is 0. The van der Waals surface area contributed by atoms with Gasteiger partial charge in [0.25, 0.3) is 0 Å². The summed E-state index contributed by atoms with van der Waals surface area (Å²) in [4.78, 5) is 55.0. The first kappa shape index (κ1) is 23.2. The van der Waals surface area contributed by atoms with Crippen LogP contribution in [0.2, 0.25) is 0 Å². The van der Waals surface area contributed by atoms with Gasteiger partial charge in [-0.25, -0.2) is 24.1 Å². The van der Waals surface area contributed by atoms with Crippen molar-refractivity contribution in [2.75, 3.05) is 31.5 Å². The molecule has 1 saturated heterocycles. The Kier molecular flexibility index (Phi) is 6.93. The number of aromatic nitrogens is 2. The van der Waals surface area contributed by atoms with Crippen LogP contribution < -0.4 is 10.6 Å². The molecule has 1 unspecified atom stereocenters. The molecule has 12 heteroatoms. The van der Waals surface area contributed by atoms with Crippen molar-refractivity contribution in [1.29, 1.82) is 0 Å². The quantitative estimate of drug-likeness (QED) is 0.404. The van der Waals surface area contributed by atoms with E-state index in [0.29, 0.717) is 50.5 Å². The Morgan fingerprint density at radius 3 is 2.52 bits per heavy atom. The molecule has 0 saturated carbocycles. The smallest absolute Gasteiger partial charge is 0.338 e. The van der Waals surface area contributed by atoms with Crippen LogP contribution in [-0.4, -0.2) is 80.9 Å². The monoisotopic (exact) mass is 565 g/mol. The van der Waals surface area contributed by atoms with E-state index in [1.807, 2.05) is 17.1 Å². The van der Waals surface area contributed by atoms with Crippen LogP contribution in [0.3, 0.4) is 0 Å². The molecular formula is C21H24IN7O4. The van der Waals surface area contributed by atoms with Crippen LogP contribution in [0.25, 0.3) is 0 Å². The molecule has 4 amide bonds. The molecule has 1 aromatic heterocycles. The molecule has 0 spiro atoms. The second-order valence-corrected chi connectivity index (χ2v) is 9.06. The van der Waals surface area contributed by atoms with Gasteiger partial charge in [0, 0.05) is 41.9 Å². The number of hydrogen-bond acceptors (Lipinski definition) is 6. The summed E-state index contributed by atoms with van der Waals surface area (Å²) in [5.41, 5.74) is 1.43. The van der Waals surface area contributed by atoms with Gasteiger partial charge in [-0.2, -0.15) is 0 Å². The molecule has 2 aliphatic heterocycles. The molecule has 1 fully saturated rings. The van der Waals surface area contributed by atoms with E-state index in [1.165, 1.54) is 0 Å². The molecule has 2 N–H and O–H groups in total. The van der Waals surface area contributed by atoms with Gasteiger partial charge in [-0.15, -0.1) is 0 Å². The van der Waals surface area contributed by atoms with Gasteiger partial charge < -0.3 is 20.3 Å². The highest BCUT2D eigenvalue weighted by Crippen LogP contribution is 2.21. The highest BCUT2D eigenvalue weighted by molar-refractivity contribution is 14.1. The van der Waals surface area contributed by atoms with Crippen LogP contribution in [-0.2, 0) is 16.1 Å². The fourth-order valence-electron chi connectivity index (χ4n) is 3.98. The van der Waals surface area contributed by atoms with Crippen LogP contribution in [0.1, 0.15) is 17.9 Å². The predicted octanol–water partition coefficient (Wildman–Crippen LogP) is 1.42. The second kappa shape index (κ2) is 9.87. The zero-order chi connectivity index (χ0) is 23.5. The number of hydrazine groups is 1. The molecule has 33 heavy (non-hydrogen) atoms. The lowest BCUT2D eigenvalue weighted by Crippen LogP contribution is -2.58. The lowest BCUT2D eigenvalue weighted by molar-refractivity contribution is -0.138. The number of carbonyl (C=O) groups is 4. The first-order valence-corrected chi connectivity index (χ1v) is 11.6. The molecule has 11 nitrogen and oxygen atoms in total. The molecule has 0 aliphatic carbocycles. The highest BCUT2D eigenvalue weighted by Gasteiger charge is 2.36. The summed E-state index contributed by atoms with van der Waals surface area (Å²) in [6.07, 6.45) is 2.20. The van der Waals surface area contributed by atoms with Crippen molar-refractivity contribution >= 4 is 52.5 Å². The van der Waals surface area contributed by atoms with Gasteiger partial charge in [0.1, 0.15) is 18.2 Å². The number of rotatable bonds is 6. The van der Waals surface area contributed by atoms with Crippen LogP contribution in [0.5, 0.6) is 0 Å². The van der Waals surface area contributed by atoms with Gasteiger partial charge in [0.05, 0.1) is 18.4 Å². The summed E-state index contributed by atoms with van der Waals surface area (Å²) < 4.78 is 2.62. The van der Waals surface area contributed by atoms with Gasteiger partial charge in [0.2, 0.25) is 5.91 Å². The van der Waals surface area contributed by atoms with Crippen molar-refractivity contribution in [3.63, 3.8) is 0 Å². The van der Waals surface area contributed by atoms with Gasteiger partial charge >= 0.3 is 12.1 Å². The summed E-state index contributed by atoms with van der Waals surface area (Å²) in [5, 5.41) is 8.87. The van der Waals surface area contributed by atoms with Crippen LogP contribution >= 0.6 is 22.6 Å². The molecule has 0 radical (unpaired) electrons. The minimum absolute atomic E-state index is 0.120. The van der Waals surface area contributed by atoms with Crippen molar-refractivity contribution in [3.8, 4) is 0 Å². The number of aryl methyl sites for hydroxylation is 1. The molecule has 1 aromatic carbocycles. The second-order valence-electron chi connectivity index (χ2n) is 7.81. The number of hydrogen-bond donors (Lipinski definition) is 2. The number of imidazole rings is 1. The Labute approximate surface area is 204 Å². The minimum Gasteiger partial charge on any atom is -0.338 e. The van der Waals surface area contributed by atoms with Crippen molar-refractivity contribution in [3.05, 3.63) is 45.6 Å². The van der Waals surface area contributed by atoms with Crippen LogP contribution in [0.15, 0.2) is 30.5 Å². The number of nitrogens with zero attached hydrogens (tertiary/aromatic N) is 5. The number of amides is 4. The number of aldehydes is 1. The first-order valence-electron chi connectivity index (χ1n) is 10.5. The fraction of sp³-hybridized carbons (Fsp3) is 0.381. The molecule has 0 bridgehead atoms. The maximum absolute atomic E-state index is 13.0. The SMILES string of the molecule is Cc1ncc2n1C(=O)N(N1CCN(C(=O)C(CC=O)NC(=O)Nc3ccc(I)cc3)CC1)C2. The zero-order valence-electron chi connectivity index (χ0n) is 18.0. The van der Waals surface area contributed by atoms with Crippen molar-refractivity contribution in [2.24, 2.45) is 0 Å². The summed E-state index contributed by atoms with van der Waals surface area (Å²) in [5.74, 6) is 0.330. The maximum atomic E-state index is 13.0. The molecule has 174 valence electrons. The van der Waals surface area contributed by atoms with E-state index >= 15 is 0 Å². The number of anilines is 1. The predicted molar refractivity (Wildman–Crippen MR) is 127 cm³/mol. The normalized spacial score (nSPS) is 17.0. The number of carbonyl (C=O) groups excluding carboxylic acids is 4. The first-order chi connectivity index (χ1) is 15.9. The number of piperazine rings is 1. The largest absolute Gasteiger partial charge is 0.344 e. The topological polar surface area (TPSA) is 120 Å². The number of urea groups is 1. The lowest BCUT2D eigenvalue weighted by Gasteiger charge is -2.39. The van der Waals surface area contributed by atoms with Gasteiger partial charge in [-0.1, -0.05) is 0 Å². The summed E-state index contributed by atoms with van der Waals surface area (Å²) in [6.45, 7) is 3.93. The van der Waals surface area contributed by atoms with E-state index in [1.54, 1.807) is 39.7 Å². The van der Waals surface area contributed by atoms with Gasteiger partial charge in [0.15, 0.2) is 0 Å². The van der Waals surface area contributed by atoms with Crippen molar-refractivity contribution in [1.82, 2.24) is 29.8 Å². The average Bonchev–Trinajstić information content (AvgIpc) is 3.34. The molecule has 4 rings (SSSR count). The number of halogens is 1. The van der Waals surface area contributed by atoms with E-state index in [0.717, 1.165) is 9.26 Å². The Hall–Kier alpha value is -3.00. The Morgan fingerprint density at radius 2 is 1.88 bits per heavy atom. The van der Waals surface area contributed by atoms with Crippen molar-refractivity contribution in [2.45, 2.75) is 25.9 Å². The average molecular weight is 565 g/mol. The lowest BCUT2D eigenvalue weighted by atomic mass is 10.1. The van der Waals surface area contributed by atoms with E-state index in [2.05, 4.69) is 38.2 Å². The summed E-state index contributed by atoms with van der Waals surface area (Å²) >= 11 is 2.16. The van der Waals surface area contributed by atoms with E-state index < -0.39 is 12.1 Å².